The van der Waals surface area contributed by atoms with Crippen LogP contribution in [-0.4, -0.2) is 23.9 Å². The minimum absolute atomic E-state index is 0.174. The molecule has 0 aliphatic heterocycles. The van der Waals surface area contributed by atoms with Crippen molar-refractivity contribution in [3.05, 3.63) is 11.7 Å². The van der Waals surface area contributed by atoms with Crippen LogP contribution in [0.15, 0.2) is 4.52 Å². The van der Waals surface area contributed by atoms with Crippen LogP contribution in [0.4, 0.5) is 0 Å². The van der Waals surface area contributed by atoms with Crippen LogP contribution < -0.4 is 0 Å². The van der Waals surface area contributed by atoms with Gasteiger partial charge in [-0.15, -0.1) is 0 Å². The molecule has 1 aromatic rings. The Bertz CT molecular complexity index is 255. The molecular formula is C8H14N2O2. The number of hydrogen-bond acceptors (Lipinski definition) is 4. The Morgan fingerprint density at radius 1 is 1.50 bits per heavy atom. The summed E-state index contributed by atoms with van der Waals surface area (Å²) >= 11 is 0. The van der Waals surface area contributed by atoms with E-state index in [0.717, 1.165) is 0 Å². The molecule has 0 spiro atoms. The molecule has 0 unspecified atom stereocenters. The van der Waals surface area contributed by atoms with E-state index in [1.165, 1.54) is 0 Å². The van der Waals surface area contributed by atoms with E-state index in [-0.39, 0.29) is 5.41 Å². The molecular weight excluding hydrogens is 156 g/mol. The van der Waals surface area contributed by atoms with E-state index >= 15 is 0 Å². The number of ether oxygens (including phenoxy) is 1. The van der Waals surface area contributed by atoms with Gasteiger partial charge in [0.1, 0.15) is 0 Å². The summed E-state index contributed by atoms with van der Waals surface area (Å²) in [6.07, 6.45) is 0. The average Bonchev–Trinajstić information content (AvgIpc) is 2.36. The first kappa shape index (κ1) is 9.19. The van der Waals surface area contributed by atoms with Crippen LogP contribution in [0.1, 0.15) is 25.6 Å². The van der Waals surface area contributed by atoms with Gasteiger partial charge in [-0.2, -0.15) is 4.98 Å². The molecule has 0 aliphatic rings. The maximum Gasteiger partial charge on any atom is 0.223 e. The molecule has 4 heteroatoms. The number of aryl methyl sites for hydroxylation is 1. The summed E-state index contributed by atoms with van der Waals surface area (Å²) in [7, 11) is 1.66. The standard InChI is InChI=1S/C8H14N2O2/c1-6-9-7(10-12-6)8(2,3)5-11-4/h5H2,1-4H3. The minimum atomic E-state index is -0.174. The summed E-state index contributed by atoms with van der Waals surface area (Å²) in [5, 5.41) is 3.84. The van der Waals surface area contributed by atoms with Gasteiger partial charge in [0, 0.05) is 14.0 Å². The van der Waals surface area contributed by atoms with Crippen LogP contribution >= 0.6 is 0 Å². The molecule has 0 aromatic carbocycles. The highest BCUT2D eigenvalue weighted by Crippen LogP contribution is 2.19. The lowest BCUT2D eigenvalue weighted by atomic mass is 9.94. The number of methoxy groups -OCH3 is 1. The highest BCUT2D eigenvalue weighted by atomic mass is 16.5. The van der Waals surface area contributed by atoms with Crippen molar-refractivity contribution in [2.75, 3.05) is 13.7 Å². The van der Waals surface area contributed by atoms with E-state index in [4.69, 9.17) is 9.26 Å². The molecule has 0 fully saturated rings. The van der Waals surface area contributed by atoms with Crippen molar-refractivity contribution in [1.82, 2.24) is 10.1 Å². The van der Waals surface area contributed by atoms with Crippen molar-refractivity contribution in [2.45, 2.75) is 26.2 Å². The zero-order chi connectivity index (χ0) is 9.19. The second-order valence-corrected chi connectivity index (χ2v) is 3.45. The second kappa shape index (κ2) is 3.23. The van der Waals surface area contributed by atoms with Gasteiger partial charge in [-0.3, -0.25) is 0 Å². The molecule has 12 heavy (non-hydrogen) atoms. The lowest BCUT2D eigenvalue weighted by Gasteiger charge is -2.18. The van der Waals surface area contributed by atoms with E-state index in [1.807, 2.05) is 13.8 Å². The Labute approximate surface area is 71.9 Å². The van der Waals surface area contributed by atoms with Crippen LogP contribution in [0.2, 0.25) is 0 Å². The van der Waals surface area contributed by atoms with Gasteiger partial charge >= 0.3 is 0 Å². The van der Waals surface area contributed by atoms with E-state index in [9.17, 15) is 0 Å². The quantitative estimate of drug-likeness (QED) is 0.686. The zero-order valence-corrected chi connectivity index (χ0v) is 7.92. The monoisotopic (exact) mass is 170 g/mol. The molecule has 0 saturated carbocycles. The third-order valence-corrected chi connectivity index (χ3v) is 1.64. The summed E-state index contributed by atoms with van der Waals surface area (Å²) in [5.41, 5.74) is -0.174. The van der Waals surface area contributed by atoms with Crippen LogP contribution in [0.3, 0.4) is 0 Å². The molecule has 0 saturated heterocycles. The zero-order valence-electron chi connectivity index (χ0n) is 7.92. The highest BCUT2D eigenvalue weighted by Gasteiger charge is 2.25. The molecule has 1 aromatic heterocycles. The van der Waals surface area contributed by atoms with Crippen molar-refractivity contribution >= 4 is 0 Å². The van der Waals surface area contributed by atoms with E-state index in [2.05, 4.69) is 10.1 Å². The van der Waals surface area contributed by atoms with Gasteiger partial charge < -0.3 is 9.26 Å². The number of aromatic nitrogens is 2. The SMILES string of the molecule is COCC(C)(C)c1noc(C)n1. The first-order valence-corrected chi connectivity index (χ1v) is 3.86. The number of nitrogens with zero attached hydrogens (tertiary/aromatic N) is 2. The summed E-state index contributed by atoms with van der Waals surface area (Å²) in [4.78, 5) is 4.14. The van der Waals surface area contributed by atoms with Crippen LogP contribution in [0.5, 0.6) is 0 Å². The fourth-order valence-electron chi connectivity index (χ4n) is 1.000. The van der Waals surface area contributed by atoms with Crippen LogP contribution in [-0.2, 0) is 10.2 Å². The van der Waals surface area contributed by atoms with E-state index in [1.54, 1.807) is 14.0 Å². The van der Waals surface area contributed by atoms with Crippen molar-refractivity contribution in [3.8, 4) is 0 Å². The molecule has 1 rings (SSSR count). The first-order valence-electron chi connectivity index (χ1n) is 3.86. The van der Waals surface area contributed by atoms with E-state index < -0.39 is 0 Å². The Hall–Kier alpha value is -0.900. The highest BCUT2D eigenvalue weighted by molar-refractivity contribution is 5.01. The Morgan fingerprint density at radius 3 is 2.58 bits per heavy atom. The van der Waals surface area contributed by atoms with Crippen molar-refractivity contribution < 1.29 is 9.26 Å². The fraction of sp³-hybridized carbons (Fsp3) is 0.750. The molecule has 0 aliphatic carbocycles. The molecule has 0 N–H and O–H groups in total. The third kappa shape index (κ3) is 1.82. The van der Waals surface area contributed by atoms with Gasteiger partial charge in [-0.1, -0.05) is 19.0 Å². The second-order valence-electron chi connectivity index (χ2n) is 3.45. The average molecular weight is 170 g/mol. The van der Waals surface area contributed by atoms with Gasteiger partial charge in [0.2, 0.25) is 5.89 Å². The van der Waals surface area contributed by atoms with E-state index in [0.29, 0.717) is 18.3 Å². The minimum Gasteiger partial charge on any atom is -0.384 e. The lowest BCUT2D eigenvalue weighted by Crippen LogP contribution is -2.25. The lowest BCUT2D eigenvalue weighted by molar-refractivity contribution is 0.141. The van der Waals surface area contributed by atoms with Gasteiger partial charge in [-0.25, -0.2) is 0 Å². The smallest absolute Gasteiger partial charge is 0.223 e. The molecule has 0 atom stereocenters. The number of hydrogen-bond donors (Lipinski definition) is 0. The van der Waals surface area contributed by atoms with Crippen LogP contribution in [0, 0.1) is 6.92 Å². The molecule has 0 amide bonds. The predicted molar refractivity (Wildman–Crippen MR) is 43.9 cm³/mol. The third-order valence-electron chi connectivity index (χ3n) is 1.64. The fourth-order valence-corrected chi connectivity index (χ4v) is 1.000. The Morgan fingerprint density at radius 2 is 2.17 bits per heavy atom. The van der Waals surface area contributed by atoms with Crippen molar-refractivity contribution in [3.63, 3.8) is 0 Å². The Kier molecular flexibility index (Phi) is 2.47. The molecule has 68 valence electrons. The Balaban J connectivity index is 2.81. The van der Waals surface area contributed by atoms with Gasteiger partial charge in [0.25, 0.3) is 0 Å². The summed E-state index contributed by atoms with van der Waals surface area (Å²) in [5.74, 6) is 1.29. The summed E-state index contributed by atoms with van der Waals surface area (Å²) < 4.78 is 9.93. The van der Waals surface area contributed by atoms with Crippen molar-refractivity contribution in [2.24, 2.45) is 0 Å². The van der Waals surface area contributed by atoms with Crippen molar-refractivity contribution in [1.29, 1.82) is 0 Å². The normalized spacial score (nSPS) is 12.0. The summed E-state index contributed by atoms with van der Waals surface area (Å²) in [6.45, 7) is 6.40. The molecule has 1 heterocycles. The van der Waals surface area contributed by atoms with Gasteiger partial charge in [-0.05, 0) is 0 Å². The molecule has 0 bridgehead atoms. The largest absolute Gasteiger partial charge is 0.384 e. The number of rotatable bonds is 3. The van der Waals surface area contributed by atoms with Gasteiger partial charge in [0.15, 0.2) is 5.82 Å². The molecule has 4 nitrogen and oxygen atoms in total. The summed E-state index contributed by atoms with van der Waals surface area (Å²) in [6, 6.07) is 0. The van der Waals surface area contributed by atoms with Crippen LogP contribution in [0.25, 0.3) is 0 Å². The maximum absolute atomic E-state index is 5.05. The topological polar surface area (TPSA) is 48.2 Å². The first-order chi connectivity index (χ1) is 5.56. The predicted octanol–water partition coefficient (Wildman–Crippen LogP) is 1.30. The van der Waals surface area contributed by atoms with Gasteiger partial charge in [0.05, 0.1) is 12.0 Å². The maximum atomic E-state index is 5.05. The molecule has 0 radical (unpaired) electrons.